The molecule has 5 heteroatoms. The molecule has 2 heterocycles. The topological polar surface area (TPSA) is 36.0 Å². The molecule has 3 aliphatic rings. The lowest BCUT2D eigenvalue weighted by Crippen LogP contribution is -2.46. The summed E-state index contributed by atoms with van der Waals surface area (Å²) in [5.74, 6) is 0.416. The van der Waals surface area contributed by atoms with Gasteiger partial charge < -0.3 is 19.4 Å². The van der Waals surface area contributed by atoms with Crippen LogP contribution in [0.1, 0.15) is 71.8 Å². The van der Waals surface area contributed by atoms with E-state index in [4.69, 9.17) is 4.74 Å². The third-order valence-corrected chi connectivity index (χ3v) is 8.64. The van der Waals surface area contributed by atoms with Gasteiger partial charge in [0.05, 0.1) is 7.11 Å². The number of benzene rings is 1. The van der Waals surface area contributed by atoms with Crippen LogP contribution >= 0.6 is 0 Å². The van der Waals surface area contributed by atoms with Gasteiger partial charge in [-0.25, -0.2) is 4.79 Å². The van der Waals surface area contributed by atoms with Crippen molar-refractivity contribution in [1.82, 2.24) is 4.90 Å². The fourth-order valence-corrected chi connectivity index (χ4v) is 6.08. The Labute approximate surface area is 224 Å². The zero-order chi connectivity index (χ0) is 26.9. The summed E-state index contributed by atoms with van der Waals surface area (Å²) >= 11 is 0. The molecule has 1 saturated heterocycles. The molecule has 1 aromatic rings. The molecule has 0 unspecified atom stereocenters. The minimum absolute atomic E-state index is 0.0531. The SMILES string of the molecule is C=C(C)[C@H]1C[C@@H](C(=C)N(c2ccc3c(c2)N(CCCCC)C(=C)C(C)(C)C3)C2CC2)CN(C(=O)OC)C1. The first kappa shape index (κ1) is 27.3. The molecule has 2 atom stereocenters. The molecule has 5 nitrogen and oxygen atoms in total. The summed E-state index contributed by atoms with van der Waals surface area (Å²) < 4.78 is 5.09. The van der Waals surface area contributed by atoms with Crippen LogP contribution in [0.2, 0.25) is 0 Å². The second-order valence-electron chi connectivity index (χ2n) is 12.1. The third kappa shape index (κ3) is 5.76. The summed E-state index contributed by atoms with van der Waals surface area (Å²) in [6, 6.07) is 7.46. The maximum Gasteiger partial charge on any atom is 0.409 e. The second kappa shape index (κ2) is 11.0. The van der Waals surface area contributed by atoms with Crippen LogP contribution in [-0.4, -0.2) is 43.8 Å². The van der Waals surface area contributed by atoms with Crippen molar-refractivity contribution in [2.24, 2.45) is 17.3 Å². The van der Waals surface area contributed by atoms with Crippen LogP contribution in [0.3, 0.4) is 0 Å². The van der Waals surface area contributed by atoms with Crippen molar-refractivity contribution in [3.05, 3.63) is 60.5 Å². The van der Waals surface area contributed by atoms with Gasteiger partial charge in [0.15, 0.2) is 0 Å². The number of allylic oxidation sites excluding steroid dienone is 1. The number of hydrogen-bond acceptors (Lipinski definition) is 4. The molecule has 0 spiro atoms. The van der Waals surface area contributed by atoms with E-state index < -0.39 is 0 Å². The molecule has 1 aromatic carbocycles. The van der Waals surface area contributed by atoms with Crippen molar-refractivity contribution < 1.29 is 9.53 Å². The highest BCUT2D eigenvalue weighted by molar-refractivity contribution is 5.71. The maximum atomic E-state index is 12.5. The van der Waals surface area contributed by atoms with Gasteiger partial charge in [0, 0.05) is 59.8 Å². The van der Waals surface area contributed by atoms with E-state index in [2.05, 4.69) is 75.4 Å². The molecule has 37 heavy (non-hydrogen) atoms. The molecule has 2 fully saturated rings. The standard InChI is InChI=1S/C32H47N3O2/c1-9-10-11-16-34-24(5)32(6,7)19-25-12-13-29(18-30(25)34)35(28-14-15-28)23(4)27-17-26(22(2)3)20-33(21-27)31(36)37-8/h12-13,18,26-28H,2,4-5,9-11,14-17,19-21H2,1,3,6-8H3/t26-,27+/m0/s1. The van der Waals surface area contributed by atoms with Crippen LogP contribution in [0, 0.1) is 17.3 Å². The molecule has 1 saturated carbocycles. The minimum Gasteiger partial charge on any atom is -0.453 e. The number of hydrogen-bond donors (Lipinski definition) is 0. The van der Waals surface area contributed by atoms with Crippen molar-refractivity contribution in [2.45, 2.75) is 78.7 Å². The van der Waals surface area contributed by atoms with Gasteiger partial charge in [-0.15, -0.1) is 0 Å². The fraction of sp³-hybridized carbons (Fsp3) is 0.594. The summed E-state index contributed by atoms with van der Waals surface area (Å²) in [6.07, 6.45) is 7.66. The summed E-state index contributed by atoms with van der Waals surface area (Å²) in [7, 11) is 1.46. The van der Waals surface area contributed by atoms with Crippen molar-refractivity contribution in [2.75, 3.05) is 36.5 Å². The molecule has 1 amide bonds. The number of anilines is 2. The third-order valence-electron chi connectivity index (χ3n) is 8.64. The van der Waals surface area contributed by atoms with Crippen LogP contribution in [0.4, 0.5) is 16.2 Å². The van der Waals surface area contributed by atoms with Gasteiger partial charge in [-0.05, 0) is 62.6 Å². The van der Waals surface area contributed by atoms with E-state index in [1.54, 1.807) is 0 Å². The van der Waals surface area contributed by atoms with Gasteiger partial charge in [0.2, 0.25) is 0 Å². The maximum absolute atomic E-state index is 12.5. The molecule has 2 aliphatic heterocycles. The highest BCUT2D eigenvalue weighted by atomic mass is 16.5. The van der Waals surface area contributed by atoms with Gasteiger partial charge in [0.1, 0.15) is 0 Å². The fourth-order valence-electron chi connectivity index (χ4n) is 6.08. The number of methoxy groups -OCH3 is 1. The summed E-state index contributed by atoms with van der Waals surface area (Å²) in [5, 5.41) is 0. The Morgan fingerprint density at radius 1 is 1.16 bits per heavy atom. The number of fused-ring (bicyclic) bond motifs is 1. The highest BCUT2D eigenvalue weighted by Crippen LogP contribution is 2.46. The Hall–Kier alpha value is -2.69. The van der Waals surface area contributed by atoms with Crippen LogP contribution in [0.5, 0.6) is 0 Å². The van der Waals surface area contributed by atoms with Gasteiger partial charge >= 0.3 is 6.09 Å². The average molecular weight is 506 g/mol. The predicted octanol–water partition coefficient (Wildman–Crippen LogP) is 7.54. The predicted molar refractivity (Wildman–Crippen MR) is 155 cm³/mol. The first-order valence-electron chi connectivity index (χ1n) is 14.1. The largest absolute Gasteiger partial charge is 0.453 e. The Bertz CT molecular complexity index is 1050. The number of carbonyl (C=O) groups is 1. The zero-order valence-corrected chi connectivity index (χ0v) is 23.8. The number of ether oxygens (including phenoxy) is 1. The van der Waals surface area contributed by atoms with Crippen molar-refractivity contribution in [1.29, 1.82) is 0 Å². The number of piperidine rings is 1. The molecule has 1 aliphatic carbocycles. The second-order valence-corrected chi connectivity index (χ2v) is 12.1. The highest BCUT2D eigenvalue weighted by Gasteiger charge is 2.39. The van der Waals surface area contributed by atoms with Gasteiger partial charge in [0.25, 0.3) is 0 Å². The zero-order valence-electron chi connectivity index (χ0n) is 23.8. The van der Waals surface area contributed by atoms with E-state index in [0.717, 1.165) is 30.7 Å². The minimum atomic E-state index is -0.264. The first-order chi connectivity index (χ1) is 17.6. The Balaban J connectivity index is 1.65. The van der Waals surface area contributed by atoms with Crippen LogP contribution in [0.15, 0.2) is 54.9 Å². The lowest BCUT2D eigenvalue weighted by Gasteiger charge is -2.44. The summed E-state index contributed by atoms with van der Waals surface area (Å²) in [6.45, 7) is 24.7. The smallest absolute Gasteiger partial charge is 0.409 e. The van der Waals surface area contributed by atoms with E-state index in [9.17, 15) is 4.79 Å². The van der Waals surface area contributed by atoms with Gasteiger partial charge in [-0.2, -0.15) is 0 Å². The Kier molecular flexibility index (Phi) is 8.11. The molecule has 202 valence electrons. The molecule has 0 bridgehead atoms. The van der Waals surface area contributed by atoms with E-state index in [0.29, 0.717) is 19.1 Å². The summed E-state index contributed by atoms with van der Waals surface area (Å²) in [5.41, 5.74) is 7.40. The molecule has 0 N–H and O–H groups in total. The number of amides is 1. The molecule has 4 rings (SSSR count). The van der Waals surface area contributed by atoms with Gasteiger partial charge in [-0.1, -0.05) is 65.0 Å². The Morgan fingerprint density at radius 3 is 2.49 bits per heavy atom. The summed E-state index contributed by atoms with van der Waals surface area (Å²) in [4.78, 5) is 19.3. The van der Waals surface area contributed by atoms with Gasteiger partial charge in [-0.3, -0.25) is 0 Å². The van der Waals surface area contributed by atoms with Crippen LogP contribution in [0.25, 0.3) is 0 Å². The van der Waals surface area contributed by atoms with Crippen molar-refractivity contribution in [3.8, 4) is 0 Å². The van der Waals surface area contributed by atoms with E-state index in [1.807, 2.05) is 4.90 Å². The van der Waals surface area contributed by atoms with E-state index in [-0.39, 0.29) is 23.3 Å². The average Bonchev–Trinajstić information content (AvgIpc) is 3.71. The normalized spacial score (nSPS) is 22.9. The number of unbranched alkanes of at least 4 members (excludes halogenated alkanes) is 2. The number of carbonyl (C=O) groups excluding carboxylic acids is 1. The molecule has 0 aromatic heterocycles. The van der Waals surface area contributed by atoms with Crippen molar-refractivity contribution in [3.63, 3.8) is 0 Å². The van der Waals surface area contributed by atoms with Crippen LogP contribution < -0.4 is 9.80 Å². The number of nitrogens with zero attached hydrogens (tertiary/aromatic N) is 3. The molecular weight excluding hydrogens is 458 g/mol. The first-order valence-corrected chi connectivity index (χ1v) is 14.1. The Morgan fingerprint density at radius 2 is 1.86 bits per heavy atom. The lowest BCUT2D eigenvalue weighted by molar-refractivity contribution is 0.0952. The monoisotopic (exact) mass is 505 g/mol. The quantitative estimate of drug-likeness (QED) is 0.256. The number of rotatable bonds is 9. The molecular formula is C32H47N3O2. The van der Waals surface area contributed by atoms with E-state index >= 15 is 0 Å². The molecule has 0 radical (unpaired) electrons. The number of likely N-dealkylation sites (tertiary alicyclic amines) is 1. The van der Waals surface area contributed by atoms with E-state index in [1.165, 1.54) is 61.8 Å². The lowest BCUT2D eigenvalue weighted by atomic mass is 9.78. The van der Waals surface area contributed by atoms with Crippen molar-refractivity contribution >= 4 is 17.5 Å². The van der Waals surface area contributed by atoms with Crippen LogP contribution in [-0.2, 0) is 11.2 Å².